The lowest BCUT2D eigenvalue weighted by Gasteiger charge is -2.28. The van der Waals surface area contributed by atoms with Gasteiger partial charge >= 0.3 is 18.1 Å². The van der Waals surface area contributed by atoms with E-state index in [9.17, 15) is 22.8 Å². The Morgan fingerprint density at radius 2 is 1.82 bits per heavy atom. The zero-order valence-corrected chi connectivity index (χ0v) is 15.0. The number of alkyl halides is 3. The summed E-state index contributed by atoms with van der Waals surface area (Å²) in [6.07, 6.45) is -6.64. The summed E-state index contributed by atoms with van der Waals surface area (Å²) in [4.78, 5) is 22.8. The van der Waals surface area contributed by atoms with Gasteiger partial charge in [0.05, 0.1) is 18.2 Å². The number of carbonyl (C=O) groups excluding carboxylic acids is 1. The van der Waals surface area contributed by atoms with Gasteiger partial charge in [-0.2, -0.15) is 13.2 Å². The Bertz CT molecular complexity index is 980. The average molecular weight is 413 g/mol. The van der Waals surface area contributed by atoms with Gasteiger partial charge in [-0.15, -0.1) is 0 Å². The van der Waals surface area contributed by atoms with Gasteiger partial charge in [-0.3, -0.25) is 0 Å². The first-order valence-corrected chi connectivity index (χ1v) is 8.20. The molecular formula is C19H12ClF3O5. The number of carbonyl (C=O) groups is 2. The van der Waals surface area contributed by atoms with Crippen LogP contribution in [-0.4, -0.2) is 36.4 Å². The standard InChI is InChI=1S/C19H12ClF3O5/c1-27-18(26)10-4-2-9(3-5-10)13-8-12(20)6-11-7-14(17(24)25)16(19(21,22)23)28-15(11)13/h2-8,16H,1H3,(H,24,25). The molecule has 5 nitrogen and oxygen atoms in total. The maximum absolute atomic E-state index is 13.3. The molecule has 0 fully saturated rings. The molecule has 0 saturated carbocycles. The van der Waals surface area contributed by atoms with E-state index < -0.39 is 29.8 Å². The minimum atomic E-state index is -4.92. The summed E-state index contributed by atoms with van der Waals surface area (Å²) in [5, 5.41) is 9.32. The predicted molar refractivity (Wildman–Crippen MR) is 94.3 cm³/mol. The minimum absolute atomic E-state index is 0.109. The molecule has 0 radical (unpaired) electrons. The molecule has 0 aliphatic carbocycles. The van der Waals surface area contributed by atoms with Crippen molar-refractivity contribution in [2.75, 3.05) is 7.11 Å². The number of hydrogen-bond donors (Lipinski definition) is 1. The second-order valence-electron chi connectivity index (χ2n) is 5.88. The Hall–Kier alpha value is -3.00. The molecule has 146 valence electrons. The Balaban J connectivity index is 2.15. The number of rotatable bonds is 3. The third kappa shape index (κ3) is 3.68. The lowest BCUT2D eigenvalue weighted by atomic mass is 9.95. The van der Waals surface area contributed by atoms with Gasteiger partial charge in [-0.25, -0.2) is 9.59 Å². The van der Waals surface area contributed by atoms with Crippen molar-refractivity contribution in [1.29, 1.82) is 0 Å². The van der Waals surface area contributed by atoms with Crippen molar-refractivity contribution in [2.24, 2.45) is 0 Å². The van der Waals surface area contributed by atoms with Crippen LogP contribution in [-0.2, 0) is 9.53 Å². The molecule has 1 unspecified atom stereocenters. The number of aliphatic carboxylic acids is 1. The van der Waals surface area contributed by atoms with Crippen LogP contribution < -0.4 is 4.74 Å². The fourth-order valence-electron chi connectivity index (χ4n) is 2.81. The third-order valence-electron chi connectivity index (χ3n) is 4.07. The molecule has 0 amide bonds. The van der Waals surface area contributed by atoms with E-state index in [1.54, 1.807) is 0 Å². The highest BCUT2D eigenvalue weighted by atomic mass is 35.5. The molecule has 28 heavy (non-hydrogen) atoms. The minimum Gasteiger partial charge on any atom is -0.478 e. The number of fused-ring (bicyclic) bond motifs is 1. The number of hydrogen-bond acceptors (Lipinski definition) is 4. The van der Waals surface area contributed by atoms with Crippen LogP contribution in [0.4, 0.5) is 13.2 Å². The topological polar surface area (TPSA) is 72.8 Å². The van der Waals surface area contributed by atoms with E-state index in [-0.39, 0.29) is 27.5 Å². The van der Waals surface area contributed by atoms with Gasteiger partial charge < -0.3 is 14.6 Å². The summed E-state index contributed by atoms with van der Waals surface area (Å²) in [5.74, 6) is -2.46. The molecule has 0 spiro atoms. The molecule has 1 aliphatic rings. The van der Waals surface area contributed by atoms with Crippen molar-refractivity contribution >= 4 is 29.6 Å². The molecule has 2 aromatic carbocycles. The Kier molecular flexibility index (Phi) is 5.08. The van der Waals surface area contributed by atoms with Crippen LogP contribution in [0.5, 0.6) is 5.75 Å². The quantitative estimate of drug-likeness (QED) is 0.747. The number of benzene rings is 2. The maximum atomic E-state index is 13.3. The summed E-state index contributed by atoms with van der Waals surface area (Å²) < 4.78 is 49.7. The molecule has 9 heteroatoms. The Morgan fingerprint density at radius 1 is 1.18 bits per heavy atom. The fraction of sp³-hybridized carbons (Fsp3) is 0.158. The van der Waals surface area contributed by atoms with Crippen molar-refractivity contribution < 1.29 is 37.3 Å². The van der Waals surface area contributed by atoms with Crippen molar-refractivity contribution in [1.82, 2.24) is 0 Å². The highest BCUT2D eigenvalue weighted by molar-refractivity contribution is 6.31. The number of ether oxygens (including phenoxy) is 2. The third-order valence-corrected chi connectivity index (χ3v) is 4.29. The molecule has 1 N–H and O–H groups in total. The predicted octanol–water partition coefficient (Wildman–Crippen LogP) is 4.58. The van der Waals surface area contributed by atoms with E-state index in [1.807, 2.05) is 0 Å². The van der Waals surface area contributed by atoms with E-state index in [1.165, 1.54) is 43.5 Å². The monoisotopic (exact) mass is 412 g/mol. The second-order valence-corrected chi connectivity index (χ2v) is 6.32. The van der Waals surface area contributed by atoms with E-state index >= 15 is 0 Å². The normalized spacial score (nSPS) is 15.9. The van der Waals surface area contributed by atoms with Crippen LogP contribution in [0.1, 0.15) is 15.9 Å². The van der Waals surface area contributed by atoms with Crippen LogP contribution in [0, 0.1) is 0 Å². The summed E-state index contributed by atoms with van der Waals surface area (Å²) >= 11 is 6.06. The number of halogens is 4. The highest BCUT2D eigenvalue weighted by Crippen LogP contribution is 2.44. The van der Waals surface area contributed by atoms with Crippen LogP contribution in [0.25, 0.3) is 17.2 Å². The van der Waals surface area contributed by atoms with Crippen LogP contribution >= 0.6 is 11.6 Å². The first kappa shape index (κ1) is 19.8. The van der Waals surface area contributed by atoms with E-state index in [4.69, 9.17) is 21.4 Å². The molecule has 3 rings (SSSR count). The Labute approximate surface area is 161 Å². The number of carboxylic acids is 1. The van der Waals surface area contributed by atoms with E-state index in [2.05, 4.69) is 4.74 Å². The summed E-state index contributed by atoms with van der Waals surface area (Å²) in [6.45, 7) is 0. The first-order valence-electron chi connectivity index (χ1n) is 7.82. The van der Waals surface area contributed by atoms with E-state index in [0.717, 1.165) is 6.08 Å². The van der Waals surface area contributed by atoms with Gasteiger partial charge in [0.15, 0.2) is 0 Å². The largest absolute Gasteiger partial charge is 0.478 e. The van der Waals surface area contributed by atoms with Gasteiger partial charge in [0.2, 0.25) is 6.10 Å². The molecule has 0 saturated heterocycles. The van der Waals surface area contributed by atoms with Crippen molar-refractivity contribution in [3.63, 3.8) is 0 Å². The number of esters is 1. The number of carboxylic acid groups (broad SMARTS) is 1. The summed E-state index contributed by atoms with van der Waals surface area (Å²) in [6, 6.07) is 8.61. The van der Waals surface area contributed by atoms with Crippen molar-refractivity contribution in [3.8, 4) is 16.9 Å². The zero-order chi connectivity index (χ0) is 20.6. The molecule has 0 bridgehead atoms. The van der Waals surface area contributed by atoms with Gasteiger partial charge in [-0.1, -0.05) is 23.7 Å². The number of methoxy groups -OCH3 is 1. The van der Waals surface area contributed by atoms with Crippen molar-refractivity contribution in [3.05, 3.63) is 58.1 Å². The van der Waals surface area contributed by atoms with Gasteiger partial charge in [0, 0.05) is 16.1 Å². The van der Waals surface area contributed by atoms with E-state index in [0.29, 0.717) is 5.56 Å². The van der Waals surface area contributed by atoms with Gasteiger partial charge in [-0.05, 0) is 35.9 Å². The second kappa shape index (κ2) is 7.20. The first-order chi connectivity index (χ1) is 13.1. The van der Waals surface area contributed by atoms with Crippen LogP contribution in [0.15, 0.2) is 42.0 Å². The fourth-order valence-corrected chi connectivity index (χ4v) is 3.04. The molecule has 2 aromatic rings. The zero-order valence-electron chi connectivity index (χ0n) is 14.2. The van der Waals surface area contributed by atoms with Crippen molar-refractivity contribution in [2.45, 2.75) is 12.3 Å². The lowest BCUT2D eigenvalue weighted by molar-refractivity contribution is -0.187. The SMILES string of the molecule is COC(=O)c1ccc(-c2cc(Cl)cc3c2OC(C(F)(F)F)C(C(=O)O)=C3)cc1. The molecule has 0 aromatic heterocycles. The highest BCUT2D eigenvalue weighted by Gasteiger charge is 2.48. The van der Waals surface area contributed by atoms with Gasteiger partial charge in [0.1, 0.15) is 5.75 Å². The lowest BCUT2D eigenvalue weighted by Crippen LogP contribution is -2.40. The molecule has 1 atom stereocenters. The van der Waals surface area contributed by atoms with Crippen LogP contribution in [0.3, 0.4) is 0 Å². The Morgan fingerprint density at radius 3 is 2.36 bits per heavy atom. The summed E-state index contributed by atoms with van der Waals surface area (Å²) in [5.41, 5.74) is 0.0874. The summed E-state index contributed by atoms with van der Waals surface area (Å²) in [7, 11) is 1.22. The smallest absolute Gasteiger partial charge is 0.430 e. The maximum Gasteiger partial charge on any atom is 0.430 e. The molecule has 1 heterocycles. The average Bonchev–Trinajstić information content (AvgIpc) is 2.65. The molecule has 1 aliphatic heterocycles. The van der Waals surface area contributed by atoms with Gasteiger partial charge in [0.25, 0.3) is 0 Å². The van der Waals surface area contributed by atoms with Crippen LogP contribution in [0.2, 0.25) is 5.02 Å². The molecular weight excluding hydrogens is 401 g/mol.